The van der Waals surface area contributed by atoms with Gasteiger partial charge in [0.1, 0.15) is 24.2 Å². The summed E-state index contributed by atoms with van der Waals surface area (Å²) in [6.07, 6.45) is 2.95. The number of rotatable bonds is 11. The number of hydrogen-bond donors (Lipinski definition) is 6. The molecule has 0 unspecified atom stereocenters. The number of esters is 1. The zero-order valence-corrected chi connectivity index (χ0v) is 26.6. The van der Waals surface area contributed by atoms with Crippen LogP contribution in [0.5, 0.6) is 0 Å². The topological polar surface area (TPSA) is 192 Å². The molecule has 0 bridgehead atoms. The average Bonchev–Trinajstić information content (AvgIpc) is 2.98. The predicted molar refractivity (Wildman–Crippen MR) is 166 cm³/mol. The minimum absolute atomic E-state index is 0.127. The second-order valence-corrected chi connectivity index (χ2v) is 11.7. The van der Waals surface area contributed by atoms with E-state index in [1.165, 1.54) is 12.2 Å². The number of aliphatic hydroxyl groups excluding tert-OH is 1. The number of nitrogens with one attached hydrogen (secondary N) is 5. The van der Waals surface area contributed by atoms with Crippen molar-refractivity contribution in [1.29, 1.82) is 0 Å². The van der Waals surface area contributed by atoms with Crippen LogP contribution >= 0.6 is 0 Å². The normalized spacial score (nSPS) is 22.6. The smallest absolute Gasteiger partial charge is 0.330 e. The monoisotopic (exact) mass is 629 g/mol. The highest BCUT2D eigenvalue weighted by atomic mass is 16.5. The van der Waals surface area contributed by atoms with E-state index in [0.717, 1.165) is 5.56 Å². The molecule has 1 saturated heterocycles. The summed E-state index contributed by atoms with van der Waals surface area (Å²) in [4.78, 5) is 78.3. The third-order valence-corrected chi connectivity index (χ3v) is 7.09. The lowest BCUT2D eigenvalue weighted by Gasteiger charge is -2.29. The standard InChI is InChI=1S/C32H47N5O8/c1-6-45-27(40)15-12-22(16-19(2)3)33-29(41)23-13-14-26(39)34-24(17-21-10-8-7-9-11-21)30(42)37-28(20(4)5)32(44)36-25(18-38)31(43)35-23/h7-12,15,19-20,22-25,28,38H,6,13-14,16-18H2,1-5H3,(H,33,41)(H,34,39)(H,35,43)(H,36,44)(H,37,42)/b15-12+/t22-,23+,24+,25+,28+/m1/s1. The first-order chi connectivity index (χ1) is 21.3. The zero-order valence-electron chi connectivity index (χ0n) is 26.6. The van der Waals surface area contributed by atoms with Gasteiger partial charge in [0.25, 0.3) is 0 Å². The van der Waals surface area contributed by atoms with Gasteiger partial charge in [-0.25, -0.2) is 4.79 Å². The average molecular weight is 630 g/mol. The van der Waals surface area contributed by atoms with E-state index in [9.17, 15) is 33.9 Å². The Morgan fingerprint density at radius 2 is 1.62 bits per heavy atom. The van der Waals surface area contributed by atoms with Gasteiger partial charge in [-0.05, 0) is 37.2 Å². The van der Waals surface area contributed by atoms with E-state index >= 15 is 0 Å². The van der Waals surface area contributed by atoms with Gasteiger partial charge in [-0.15, -0.1) is 0 Å². The summed E-state index contributed by atoms with van der Waals surface area (Å²) in [6, 6.07) is 3.66. The number of aliphatic hydroxyl groups is 1. The van der Waals surface area contributed by atoms with Crippen LogP contribution in [-0.4, -0.2) is 84.0 Å². The summed E-state index contributed by atoms with van der Waals surface area (Å²) >= 11 is 0. The molecule has 1 aliphatic heterocycles. The quantitative estimate of drug-likeness (QED) is 0.148. The molecule has 2 rings (SSSR count). The first kappa shape index (κ1) is 36.9. The molecule has 1 aromatic rings. The third kappa shape index (κ3) is 12.7. The Hall–Kier alpha value is -4.26. The molecule has 1 aliphatic rings. The first-order valence-electron chi connectivity index (χ1n) is 15.3. The molecule has 5 amide bonds. The molecule has 45 heavy (non-hydrogen) atoms. The first-order valence-corrected chi connectivity index (χ1v) is 15.3. The summed E-state index contributed by atoms with van der Waals surface area (Å²) < 4.78 is 4.92. The van der Waals surface area contributed by atoms with Crippen LogP contribution in [0.15, 0.2) is 42.5 Å². The van der Waals surface area contributed by atoms with Crippen molar-refractivity contribution in [3.8, 4) is 0 Å². The number of carbonyl (C=O) groups excluding carboxylic acids is 6. The summed E-state index contributed by atoms with van der Waals surface area (Å²) in [7, 11) is 0. The Morgan fingerprint density at radius 3 is 2.22 bits per heavy atom. The van der Waals surface area contributed by atoms with Gasteiger partial charge in [0, 0.05) is 25.0 Å². The fourth-order valence-corrected chi connectivity index (χ4v) is 4.75. The highest BCUT2D eigenvalue weighted by Crippen LogP contribution is 2.11. The summed E-state index contributed by atoms with van der Waals surface area (Å²) in [5.74, 6) is -4.18. The Labute approximate surface area is 264 Å². The molecule has 13 heteroatoms. The van der Waals surface area contributed by atoms with Gasteiger partial charge < -0.3 is 36.4 Å². The van der Waals surface area contributed by atoms with Crippen LogP contribution in [0.4, 0.5) is 0 Å². The lowest BCUT2D eigenvalue weighted by molar-refractivity contribution is -0.137. The number of hydrogen-bond acceptors (Lipinski definition) is 8. The van der Waals surface area contributed by atoms with Crippen molar-refractivity contribution in [2.75, 3.05) is 13.2 Å². The van der Waals surface area contributed by atoms with Crippen molar-refractivity contribution in [2.24, 2.45) is 11.8 Å². The van der Waals surface area contributed by atoms with E-state index in [1.807, 2.05) is 32.0 Å². The minimum Gasteiger partial charge on any atom is -0.463 e. The van der Waals surface area contributed by atoms with E-state index in [2.05, 4.69) is 26.6 Å². The molecule has 0 radical (unpaired) electrons. The van der Waals surface area contributed by atoms with Crippen molar-refractivity contribution in [3.05, 3.63) is 48.0 Å². The second-order valence-electron chi connectivity index (χ2n) is 11.7. The van der Waals surface area contributed by atoms with E-state index in [1.54, 1.807) is 32.9 Å². The van der Waals surface area contributed by atoms with Crippen LogP contribution in [0.25, 0.3) is 0 Å². The number of amides is 5. The Morgan fingerprint density at radius 1 is 0.956 bits per heavy atom. The molecule has 1 fully saturated rings. The number of benzene rings is 1. The highest BCUT2D eigenvalue weighted by molar-refractivity contribution is 5.96. The molecule has 5 atom stereocenters. The maximum atomic E-state index is 13.5. The van der Waals surface area contributed by atoms with E-state index in [-0.39, 0.29) is 31.8 Å². The van der Waals surface area contributed by atoms with E-state index < -0.39 is 78.2 Å². The van der Waals surface area contributed by atoms with Gasteiger partial charge in [-0.3, -0.25) is 24.0 Å². The number of carbonyl (C=O) groups is 6. The van der Waals surface area contributed by atoms with Crippen LogP contribution in [-0.2, 0) is 39.9 Å². The molecule has 6 N–H and O–H groups in total. The van der Waals surface area contributed by atoms with Crippen molar-refractivity contribution in [3.63, 3.8) is 0 Å². The number of ether oxygens (including phenoxy) is 1. The Bertz CT molecular complexity index is 1200. The molecular weight excluding hydrogens is 582 g/mol. The minimum atomic E-state index is -1.43. The highest BCUT2D eigenvalue weighted by Gasteiger charge is 2.34. The van der Waals surface area contributed by atoms with Crippen molar-refractivity contribution >= 4 is 35.5 Å². The molecule has 0 spiro atoms. The fraction of sp³-hybridized carbons (Fsp3) is 0.562. The lowest BCUT2D eigenvalue weighted by Crippen LogP contribution is -2.61. The molecule has 0 aliphatic carbocycles. The predicted octanol–water partition coefficient (Wildman–Crippen LogP) is 0.261. The van der Waals surface area contributed by atoms with E-state index in [0.29, 0.717) is 6.42 Å². The van der Waals surface area contributed by atoms with Crippen LogP contribution in [0, 0.1) is 11.8 Å². The summed E-state index contributed by atoms with van der Waals surface area (Å²) in [5, 5.41) is 23.2. The van der Waals surface area contributed by atoms with Gasteiger partial charge in [-0.2, -0.15) is 0 Å². The SMILES string of the molecule is CCOC(=O)/C=C/[C@H](CC(C)C)NC(=O)[C@@H]1CCC(=O)N[C@@H](Cc2ccccc2)C(=O)N[C@@H](C(C)C)C(=O)N[C@@H](CO)C(=O)N1. The zero-order chi connectivity index (χ0) is 33.5. The molecule has 0 aromatic heterocycles. The van der Waals surface area contributed by atoms with Crippen molar-refractivity contribution < 1.29 is 38.6 Å². The fourth-order valence-electron chi connectivity index (χ4n) is 4.75. The molecule has 1 aromatic carbocycles. The maximum Gasteiger partial charge on any atom is 0.330 e. The third-order valence-electron chi connectivity index (χ3n) is 7.09. The van der Waals surface area contributed by atoms with E-state index in [4.69, 9.17) is 4.74 Å². The Balaban J connectivity index is 2.39. The van der Waals surface area contributed by atoms with Crippen LogP contribution < -0.4 is 26.6 Å². The Kier molecular flexibility index (Phi) is 15.2. The molecule has 1 heterocycles. The largest absolute Gasteiger partial charge is 0.463 e. The van der Waals surface area contributed by atoms with Crippen LogP contribution in [0.1, 0.15) is 59.4 Å². The van der Waals surface area contributed by atoms with Crippen LogP contribution in [0.3, 0.4) is 0 Å². The van der Waals surface area contributed by atoms with Gasteiger partial charge in [0.15, 0.2) is 0 Å². The lowest BCUT2D eigenvalue weighted by atomic mass is 9.99. The molecule has 13 nitrogen and oxygen atoms in total. The molecular formula is C32H47N5O8. The summed E-state index contributed by atoms with van der Waals surface area (Å²) in [5.41, 5.74) is 0.779. The second kappa shape index (κ2) is 18.5. The summed E-state index contributed by atoms with van der Waals surface area (Å²) in [6.45, 7) is 8.37. The molecule has 0 saturated carbocycles. The van der Waals surface area contributed by atoms with Gasteiger partial charge in [-0.1, -0.05) is 64.1 Å². The van der Waals surface area contributed by atoms with Crippen molar-refractivity contribution in [2.45, 2.75) is 90.5 Å². The van der Waals surface area contributed by atoms with Gasteiger partial charge in [0.05, 0.1) is 13.2 Å². The van der Waals surface area contributed by atoms with Gasteiger partial charge in [0.2, 0.25) is 29.5 Å². The van der Waals surface area contributed by atoms with Crippen molar-refractivity contribution in [1.82, 2.24) is 26.6 Å². The van der Waals surface area contributed by atoms with Gasteiger partial charge >= 0.3 is 5.97 Å². The molecule has 248 valence electrons. The maximum absolute atomic E-state index is 13.5. The van der Waals surface area contributed by atoms with Crippen LogP contribution in [0.2, 0.25) is 0 Å².